The van der Waals surface area contributed by atoms with Crippen molar-refractivity contribution >= 4 is 29.6 Å². The minimum absolute atomic E-state index is 0. The number of hydrogen-bond donors (Lipinski definition) is 3. The Balaban J connectivity index is 0.00000121. The number of hydrogen-bond acceptors (Lipinski definition) is 3. The summed E-state index contributed by atoms with van der Waals surface area (Å²) in [6.07, 6.45) is 0.716. The van der Waals surface area contributed by atoms with E-state index in [1.807, 2.05) is 0 Å². The standard InChI is InChI=1S/C8H11NO2.Na/c9-4-3-6-1-2-7(10)8(11)5-6;/h1-2,5,10-11H,3-4,9H2;. The molecule has 4 N–H and O–H groups in total. The summed E-state index contributed by atoms with van der Waals surface area (Å²) in [5.41, 5.74) is 6.24. The van der Waals surface area contributed by atoms with Crippen LogP contribution in [0.25, 0.3) is 0 Å². The Morgan fingerprint density at radius 3 is 2.33 bits per heavy atom. The molecule has 3 nitrogen and oxygen atoms in total. The summed E-state index contributed by atoms with van der Waals surface area (Å²) in [7, 11) is 0. The van der Waals surface area contributed by atoms with Gasteiger partial charge in [0.2, 0.25) is 0 Å². The average molecular weight is 176 g/mol. The van der Waals surface area contributed by atoms with E-state index >= 15 is 0 Å². The number of benzene rings is 1. The second-order valence-electron chi connectivity index (χ2n) is 2.36. The van der Waals surface area contributed by atoms with Gasteiger partial charge in [0, 0.05) is 29.6 Å². The molecule has 0 unspecified atom stereocenters. The van der Waals surface area contributed by atoms with Gasteiger partial charge in [0.1, 0.15) is 0 Å². The smallest absolute Gasteiger partial charge is 0.157 e. The summed E-state index contributed by atoms with van der Waals surface area (Å²) in [6.45, 7) is 0.546. The minimum atomic E-state index is -0.0919. The Hall–Kier alpha value is -0.220. The molecule has 61 valence electrons. The van der Waals surface area contributed by atoms with Gasteiger partial charge in [-0.2, -0.15) is 0 Å². The Bertz CT molecular complexity index is 253. The number of rotatable bonds is 2. The van der Waals surface area contributed by atoms with Crippen LogP contribution in [-0.2, 0) is 6.42 Å². The molecule has 1 radical (unpaired) electrons. The Kier molecular flexibility index (Phi) is 5.33. The first-order chi connectivity index (χ1) is 5.24. The van der Waals surface area contributed by atoms with Crippen LogP contribution in [0.15, 0.2) is 18.2 Å². The van der Waals surface area contributed by atoms with Crippen molar-refractivity contribution in [1.82, 2.24) is 0 Å². The molecule has 0 atom stereocenters. The summed E-state index contributed by atoms with van der Waals surface area (Å²) < 4.78 is 0. The van der Waals surface area contributed by atoms with Crippen LogP contribution in [0.3, 0.4) is 0 Å². The fourth-order valence-corrected chi connectivity index (χ4v) is 0.891. The molecule has 12 heavy (non-hydrogen) atoms. The fourth-order valence-electron chi connectivity index (χ4n) is 0.891. The molecule has 0 heterocycles. The molecule has 1 aromatic carbocycles. The third-order valence-electron chi connectivity index (χ3n) is 1.47. The van der Waals surface area contributed by atoms with Gasteiger partial charge in [-0.3, -0.25) is 0 Å². The van der Waals surface area contributed by atoms with Crippen LogP contribution >= 0.6 is 0 Å². The van der Waals surface area contributed by atoms with Gasteiger partial charge < -0.3 is 15.9 Å². The van der Waals surface area contributed by atoms with Crippen LogP contribution in [0, 0.1) is 0 Å². The molecule has 1 rings (SSSR count). The topological polar surface area (TPSA) is 66.5 Å². The summed E-state index contributed by atoms with van der Waals surface area (Å²) in [6, 6.07) is 4.71. The van der Waals surface area contributed by atoms with Gasteiger partial charge in [0.05, 0.1) is 0 Å². The molecule has 0 fully saturated rings. The maximum atomic E-state index is 9.04. The second kappa shape index (κ2) is 5.43. The van der Waals surface area contributed by atoms with E-state index in [9.17, 15) is 0 Å². The maximum absolute atomic E-state index is 9.04. The molecule has 0 amide bonds. The van der Waals surface area contributed by atoms with Gasteiger partial charge in [-0.05, 0) is 30.7 Å². The summed E-state index contributed by atoms with van der Waals surface area (Å²) in [5, 5.41) is 18.0. The van der Waals surface area contributed by atoms with E-state index in [-0.39, 0.29) is 41.1 Å². The van der Waals surface area contributed by atoms with Crippen molar-refractivity contribution < 1.29 is 10.2 Å². The first-order valence-electron chi connectivity index (χ1n) is 3.45. The van der Waals surface area contributed by atoms with Crippen LogP contribution in [-0.4, -0.2) is 46.3 Å². The molecule has 0 aliphatic heterocycles. The molecular formula is C8H11NNaO2. The fraction of sp³-hybridized carbons (Fsp3) is 0.250. The number of nitrogens with two attached hydrogens (primary N) is 1. The third kappa shape index (κ3) is 3.03. The third-order valence-corrected chi connectivity index (χ3v) is 1.47. The van der Waals surface area contributed by atoms with E-state index in [1.54, 1.807) is 6.07 Å². The average Bonchev–Trinajstić information content (AvgIpc) is 1.98. The van der Waals surface area contributed by atoms with Crippen LogP contribution in [0.4, 0.5) is 0 Å². The summed E-state index contributed by atoms with van der Waals surface area (Å²) in [4.78, 5) is 0. The van der Waals surface area contributed by atoms with E-state index in [0.717, 1.165) is 5.56 Å². The monoisotopic (exact) mass is 176 g/mol. The number of aromatic hydroxyl groups is 2. The second-order valence-corrected chi connectivity index (χ2v) is 2.36. The largest absolute Gasteiger partial charge is 0.504 e. The number of phenolic OH excluding ortho intramolecular Hbond substituents is 2. The van der Waals surface area contributed by atoms with Crippen LogP contribution in [0.5, 0.6) is 11.5 Å². The van der Waals surface area contributed by atoms with Gasteiger partial charge >= 0.3 is 0 Å². The van der Waals surface area contributed by atoms with Gasteiger partial charge in [-0.25, -0.2) is 0 Å². The van der Waals surface area contributed by atoms with Crippen molar-refractivity contribution in [1.29, 1.82) is 0 Å². The molecule has 0 aliphatic carbocycles. The van der Waals surface area contributed by atoms with Crippen molar-refractivity contribution in [3.63, 3.8) is 0 Å². The van der Waals surface area contributed by atoms with E-state index in [1.165, 1.54) is 12.1 Å². The Labute approximate surface area is 93.5 Å². The predicted molar refractivity (Wildman–Crippen MR) is 48.3 cm³/mol. The molecule has 0 aromatic heterocycles. The van der Waals surface area contributed by atoms with Gasteiger partial charge in [0.25, 0.3) is 0 Å². The van der Waals surface area contributed by atoms with E-state index < -0.39 is 0 Å². The van der Waals surface area contributed by atoms with Crippen LogP contribution in [0.2, 0.25) is 0 Å². The SMILES string of the molecule is NCCc1ccc(O)c(O)c1.[Na]. The van der Waals surface area contributed by atoms with Crippen LogP contribution in [0.1, 0.15) is 5.56 Å². The summed E-state index contributed by atoms with van der Waals surface area (Å²) in [5.74, 6) is -0.179. The quantitative estimate of drug-likeness (QED) is 0.446. The Morgan fingerprint density at radius 1 is 1.17 bits per heavy atom. The van der Waals surface area contributed by atoms with E-state index in [0.29, 0.717) is 13.0 Å². The van der Waals surface area contributed by atoms with Crippen molar-refractivity contribution in [3.8, 4) is 11.5 Å². The number of phenols is 2. The van der Waals surface area contributed by atoms with Crippen molar-refractivity contribution in [2.45, 2.75) is 6.42 Å². The zero-order valence-corrected chi connectivity index (χ0v) is 9.12. The maximum Gasteiger partial charge on any atom is 0.157 e. The van der Waals surface area contributed by atoms with E-state index in [2.05, 4.69) is 0 Å². The zero-order valence-electron chi connectivity index (χ0n) is 7.12. The summed E-state index contributed by atoms with van der Waals surface area (Å²) >= 11 is 0. The molecular weight excluding hydrogens is 165 g/mol. The molecule has 0 saturated carbocycles. The molecule has 0 spiro atoms. The first kappa shape index (κ1) is 11.8. The van der Waals surface area contributed by atoms with Crippen molar-refractivity contribution in [3.05, 3.63) is 23.8 Å². The van der Waals surface area contributed by atoms with Crippen molar-refractivity contribution in [2.24, 2.45) is 5.73 Å². The minimum Gasteiger partial charge on any atom is -0.504 e. The molecule has 0 aliphatic rings. The molecule has 0 saturated heterocycles. The molecule has 0 bridgehead atoms. The van der Waals surface area contributed by atoms with Crippen molar-refractivity contribution in [2.75, 3.05) is 6.54 Å². The van der Waals surface area contributed by atoms with Crippen LogP contribution < -0.4 is 5.73 Å². The first-order valence-corrected chi connectivity index (χ1v) is 3.45. The predicted octanol–water partition coefficient (Wildman–Crippen LogP) is 0.218. The van der Waals surface area contributed by atoms with Gasteiger partial charge in [0.15, 0.2) is 11.5 Å². The molecule has 4 heteroatoms. The van der Waals surface area contributed by atoms with Gasteiger partial charge in [-0.15, -0.1) is 0 Å². The zero-order chi connectivity index (χ0) is 8.27. The molecule has 1 aromatic rings. The van der Waals surface area contributed by atoms with E-state index in [4.69, 9.17) is 15.9 Å². The van der Waals surface area contributed by atoms with Gasteiger partial charge in [-0.1, -0.05) is 6.07 Å². The Morgan fingerprint density at radius 2 is 1.83 bits per heavy atom. The normalized spacial score (nSPS) is 9.08.